The predicted molar refractivity (Wildman–Crippen MR) is 95.0 cm³/mol. The molecule has 3 aliphatic heterocycles. The first kappa shape index (κ1) is 15.2. The first-order valence-corrected chi connectivity index (χ1v) is 10.1. The number of hydrogen-bond donors (Lipinski definition) is 0. The summed E-state index contributed by atoms with van der Waals surface area (Å²) in [6.45, 7) is 6.24. The molecule has 4 atom stereocenters. The monoisotopic (exact) mass is 340 g/mol. The first-order chi connectivity index (χ1) is 12.0. The Morgan fingerprint density at radius 3 is 2.76 bits per heavy atom. The number of fused-ring (bicyclic) bond motifs is 1. The molecule has 3 heterocycles. The maximum atomic E-state index is 7.16. The second-order valence-corrected chi connectivity index (χ2v) is 9.40. The van der Waals surface area contributed by atoms with Crippen molar-refractivity contribution in [1.82, 2.24) is 0 Å². The van der Waals surface area contributed by atoms with Gasteiger partial charge in [-0.2, -0.15) is 0 Å². The highest BCUT2D eigenvalue weighted by Crippen LogP contribution is 2.67. The van der Waals surface area contributed by atoms with Gasteiger partial charge in [0, 0.05) is 18.8 Å². The van der Waals surface area contributed by atoms with Crippen LogP contribution in [0.3, 0.4) is 0 Å². The third-order valence-corrected chi connectivity index (χ3v) is 8.46. The van der Waals surface area contributed by atoms with Crippen LogP contribution in [0.15, 0.2) is 34.9 Å². The van der Waals surface area contributed by atoms with E-state index >= 15 is 0 Å². The highest BCUT2D eigenvalue weighted by atomic mass is 16.7. The molecule has 2 bridgehead atoms. The molecule has 2 saturated heterocycles. The molecule has 1 unspecified atom stereocenters. The van der Waals surface area contributed by atoms with Gasteiger partial charge in [0.05, 0.1) is 24.4 Å². The maximum absolute atomic E-state index is 7.16. The largest absolute Gasteiger partial charge is 0.359 e. The Balaban J connectivity index is 1.45. The topological polar surface area (TPSA) is 27.7 Å². The van der Waals surface area contributed by atoms with E-state index in [1.807, 2.05) is 0 Å². The van der Waals surface area contributed by atoms with Crippen LogP contribution < -0.4 is 0 Å². The van der Waals surface area contributed by atoms with Gasteiger partial charge >= 0.3 is 0 Å². The van der Waals surface area contributed by atoms with Crippen molar-refractivity contribution < 1.29 is 14.2 Å². The number of hydrogen-bond acceptors (Lipinski definition) is 3. The van der Waals surface area contributed by atoms with Crippen molar-refractivity contribution in [2.45, 2.75) is 75.8 Å². The third-order valence-electron chi connectivity index (χ3n) is 8.46. The summed E-state index contributed by atoms with van der Waals surface area (Å²) in [6.07, 6.45) is 15.0. The van der Waals surface area contributed by atoms with Gasteiger partial charge < -0.3 is 14.2 Å². The lowest BCUT2D eigenvalue weighted by Gasteiger charge is -2.54. The van der Waals surface area contributed by atoms with E-state index in [-0.39, 0.29) is 22.4 Å². The van der Waals surface area contributed by atoms with E-state index in [1.165, 1.54) is 11.1 Å². The second kappa shape index (κ2) is 4.49. The molecular weight excluding hydrogens is 312 g/mol. The van der Waals surface area contributed by atoms with Gasteiger partial charge in [-0.05, 0) is 55.6 Å². The van der Waals surface area contributed by atoms with Gasteiger partial charge in [-0.25, -0.2) is 0 Å². The Kier molecular flexibility index (Phi) is 2.73. The van der Waals surface area contributed by atoms with Crippen LogP contribution in [0.2, 0.25) is 0 Å². The van der Waals surface area contributed by atoms with Gasteiger partial charge in [0.15, 0.2) is 5.79 Å². The van der Waals surface area contributed by atoms with Crippen molar-refractivity contribution in [2.75, 3.05) is 13.2 Å². The van der Waals surface area contributed by atoms with E-state index in [2.05, 4.69) is 32.1 Å². The first-order valence-electron chi connectivity index (χ1n) is 10.1. The van der Waals surface area contributed by atoms with Crippen LogP contribution in [-0.2, 0) is 14.2 Å². The molecule has 0 N–H and O–H groups in total. The third kappa shape index (κ3) is 1.69. The predicted octanol–water partition coefficient (Wildman–Crippen LogP) is 4.44. The standard InChI is InChI=1S/C22H28O3/c1-15-3-4-18-19(15,2)7-5-17-13-16-6-8-21(23-11-12-24-21)14-20(16)9-10-22(17,18)25-20/h3,5,13,18H,4,6-12,14H2,1-2H3/t18-,19?,20-,22-/m1/s1. The summed E-state index contributed by atoms with van der Waals surface area (Å²) in [5.41, 5.74) is 4.58. The Bertz CT molecular complexity index is 740. The lowest BCUT2D eigenvalue weighted by molar-refractivity contribution is -0.226. The fourth-order valence-corrected chi connectivity index (χ4v) is 6.91. The number of ether oxygens (including phenoxy) is 3. The molecule has 3 nitrogen and oxygen atoms in total. The molecule has 25 heavy (non-hydrogen) atoms. The zero-order valence-electron chi connectivity index (χ0n) is 15.4. The van der Waals surface area contributed by atoms with Crippen molar-refractivity contribution in [3.63, 3.8) is 0 Å². The SMILES string of the molecule is CC1=CC[C@@H]2C1(C)CC=C1C=C3CCC4(C[C@]35CC[C@@]12O5)OCCO4. The molecule has 6 rings (SSSR count). The van der Waals surface area contributed by atoms with Gasteiger partial charge in [-0.3, -0.25) is 0 Å². The number of rotatable bonds is 0. The maximum Gasteiger partial charge on any atom is 0.171 e. The molecular formula is C22H28O3. The summed E-state index contributed by atoms with van der Waals surface area (Å²) in [5, 5.41) is 0. The van der Waals surface area contributed by atoms with E-state index in [1.54, 1.807) is 5.57 Å². The van der Waals surface area contributed by atoms with Crippen LogP contribution in [0.5, 0.6) is 0 Å². The quantitative estimate of drug-likeness (QED) is 0.610. The van der Waals surface area contributed by atoms with Crippen LogP contribution in [0, 0.1) is 11.3 Å². The minimum Gasteiger partial charge on any atom is -0.359 e. The van der Waals surface area contributed by atoms with E-state index < -0.39 is 0 Å². The molecule has 3 spiro atoms. The Labute approximate surface area is 150 Å². The van der Waals surface area contributed by atoms with Crippen LogP contribution in [0.1, 0.15) is 58.8 Å². The molecule has 0 amide bonds. The molecule has 3 aliphatic carbocycles. The van der Waals surface area contributed by atoms with Crippen molar-refractivity contribution in [3.8, 4) is 0 Å². The summed E-state index contributed by atoms with van der Waals surface area (Å²) in [5.74, 6) is 0.201. The highest BCUT2D eigenvalue weighted by Gasteiger charge is 2.66. The molecule has 0 aromatic carbocycles. The fourth-order valence-electron chi connectivity index (χ4n) is 6.91. The zero-order valence-corrected chi connectivity index (χ0v) is 15.4. The summed E-state index contributed by atoms with van der Waals surface area (Å²) < 4.78 is 19.3. The van der Waals surface area contributed by atoms with Crippen molar-refractivity contribution >= 4 is 0 Å². The van der Waals surface area contributed by atoms with Crippen LogP contribution in [-0.4, -0.2) is 30.2 Å². The highest BCUT2D eigenvalue weighted by molar-refractivity contribution is 5.49. The normalized spacial score (nSPS) is 49.2. The molecule has 6 aliphatic rings. The van der Waals surface area contributed by atoms with E-state index in [4.69, 9.17) is 14.2 Å². The van der Waals surface area contributed by atoms with E-state index in [0.29, 0.717) is 5.92 Å². The summed E-state index contributed by atoms with van der Waals surface area (Å²) in [7, 11) is 0. The van der Waals surface area contributed by atoms with E-state index in [9.17, 15) is 0 Å². The fraction of sp³-hybridized carbons (Fsp3) is 0.727. The summed E-state index contributed by atoms with van der Waals surface area (Å²) >= 11 is 0. The van der Waals surface area contributed by atoms with E-state index in [0.717, 1.165) is 58.2 Å². The lowest BCUT2D eigenvalue weighted by Crippen LogP contribution is -2.56. The Morgan fingerprint density at radius 2 is 1.92 bits per heavy atom. The van der Waals surface area contributed by atoms with Gasteiger partial charge in [-0.1, -0.05) is 30.7 Å². The van der Waals surface area contributed by atoms with Crippen molar-refractivity contribution in [3.05, 3.63) is 34.9 Å². The molecule has 0 aromatic rings. The van der Waals surface area contributed by atoms with Crippen LogP contribution in [0.4, 0.5) is 0 Å². The average molecular weight is 340 g/mol. The molecule has 1 saturated carbocycles. The zero-order chi connectivity index (χ0) is 16.9. The van der Waals surface area contributed by atoms with Gasteiger partial charge in [0.1, 0.15) is 0 Å². The van der Waals surface area contributed by atoms with Gasteiger partial charge in [0.2, 0.25) is 0 Å². The minimum absolute atomic E-state index is 0.0815. The molecule has 0 aromatic heterocycles. The van der Waals surface area contributed by atoms with Crippen LogP contribution >= 0.6 is 0 Å². The van der Waals surface area contributed by atoms with Crippen molar-refractivity contribution in [2.24, 2.45) is 11.3 Å². The molecule has 134 valence electrons. The summed E-state index contributed by atoms with van der Waals surface area (Å²) in [6, 6.07) is 0. The molecule has 3 heteroatoms. The van der Waals surface area contributed by atoms with Gasteiger partial charge in [0.25, 0.3) is 0 Å². The second-order valence-electron chi connectivity index (χ2n) is 9.40. The number of allylic oxidation sites excluding steroid dienone is 3. The average Bonchev–Trinajstić information content (AvgIpc) is 3.25. The molecule has 0 radical (unpaired) electrons. The molecule has 3 fully saturated rings. The van der Waals surface area contributed by atoms with Crippen molar-refractivity contribution in [1.29, 1.82) is 0 Å². The lowest BCUT2D eigenvalue weighted by atomic mass is 9.59. The van der Waals surface area contributed by atoms with Gasteiger partial charge in [-0.15, -0.1) is 0 Å². The smallest absolute Gasteiger partial charge is 0.171 e. The summed E-state index contributed by atoms with van der Waals surface area (Å²) in [4.78, 5) is 0. The Hall–Kier alpha value is -0.900. The minimum atomic E-state index is -0.383. The Morgan fingerprint density at radius 1 is 1.08 bits per heavy atom. The van der Waals surface area contributed by atoms with Crippen LogP contribution in [0.25, 0.3) is 0 Å².